The Balaban J connectivity index is 1.77. The van der Waals surface area contributed by atoms with Crippen LogP contribution >= 0.6 is 11.8 Å². The Morgan fingerprint density at radius 1 is 1.32 bits per heavy atom. The average Bonchev–Trinajstić information content (AvgIpc) is 2.39. The number of nitrogens with zero attached hydrogens (tertiary/aromatic N) is 1. The molecular formula is C13H18F2N2OS. The van der Waals surface area contributed by atoms with Crippen molar-refractivity contribution in [2.45, 2.75) is 11.0 Å². The van der Waals surface area contributed by atoms with E-state index < -0.39 is 17.7 Å². The van der Waals surface area contributed by atoms with Gasteiger partial charge in [0.25, 0.3) is 0 Å². The molecule has 3 nitrogen and oxygen atoms in total. The van der Waals surface area contributed by atoms with Gasteiger partial charge >= 0.3 is 0 Å². The van der Waals surface area contributed by atoms with Gasteiger partial charge in [0, 0.05) is 49.4 Å². The lowest BCUT2D eigenvalue weighted by Crippen LogP contribution is -2.46. The molecule has 1 heterocycles. The Kier molecular flexibility index (Phi) is 5.57. The Bertz CT molecular complexity index is 414. The Hall–Kier alpha value is -0.690. The summed E-state index contributed by atoms with van der Waals surface area (Å²) in [7, 11) is 0. The van der Waals surface area contributed by atoms with Gasteiger partial charge in [0.1, 0.15) is 11.6 Å². The van der Waals surface area contributed by atoms with Crippen LogP contribution in [0, 0.1) is 11.6 Å². The van der Waals surface area contributed by atoms with Gasteiger partial charge in [-0.25, -0.2) is 8.78 Å². The van der Waals surface area contributed by atoms with Crippen molar-refractivity contribution in [1.29, 1.82) is 0 Å². The minimum absolute atomic E-state index is 0.376. The lowest BCUT2D eigenvalue weighted by atomic mass is 10.3. The molecule has 2 rings (SSSR count). The van der Waals surface area contributed by atoms with Crippen molar-refractivity contribution in [2.75, 3.05) is 38.5 Å². The normalized spacial score (nSPS) is 18.5. The van der Waals surface area contributed by atoms with Crippen LogP contribution < -0.4 is 5.32 Å². The van der Waals surface area contributed by atoms with Crippen LogP contribution in [-0.2, 0) is 0 Å². The first-order valence-electron chi connectivity index (χ1n) is 6.34. The first-order valence-corrected chi connectivity index (χ1v) is 7.32. The maximum atomic E-state index is 13.4. The number of thioether (sulfide) groups is 1. The molecule has 0 radical (unpaired) electrons. The molecule has 0 aromatic heterocycles. The number of aliphatic hydroxyl groups is 1. The fraction of sp³-hybridized carbons (Fsp3) is 0.538. The Morgan fingerprint density at radius 3 is 2.74 bits per heavy atom. The van der Waals surface area contributed by atoms with Gasteiger partial charge in [0.2, 0.25) is 0 Å². The highest BCUT2D eigenvalue weighted by atomic mass is 32.2. The quantitative estimate of drug-likeness (QED) is 0.801. The molecule has 1 aromatic carbocycles. The molecular weight excluding hydrogens is 270 g/mol. The SMILES string of the molecule is OC(CSc1ccc(F)cc1F)CN1CCNCC1. The maximum absolute atomic E-state index is 13.4. The molecule has 2 N–H and O–H groups in total. The highest BCUT2D eigenvalue weighted by Gasteiger charge is 2.15. The van der Waals surface area contributed by atoms with E-state index in [2.05, 4.69) is 10.2 Å². The first-order chi connectivity index (χ1) is 9.15. The predicted molar refractivity (Wildman–Crippen MR) is 72.4 cm³/mol. The first kappa shape index (κ1) is 14.7. The van der Waals surface area contributed by atoms with Crippen molar-refractivity contribution in [3.05, 3.63) is 29.8 Å². The lowest BCUT2D eigenvalue weighted by molar-refractivity contribution is 0.121. The van der Waals surface area contributed by atoms with E-state index in [1.807, 2.05) is 0 Å². The second kappa shape index (κ2) is 7.19. The predicted octanol–water partition coefficient (Wildman–Crippen LogP) is 1.32. The van der Waals surface area contributed by atoms with Crippen molar-refractivity contribution in [3.63, 3.8) is 0 Å². The number of β-amino-alcohol motifs (C(OH)–C–C–N with tert-alkyl or cyclic N) is 1. The molecule has 1 fully saturated rings. The Labute approximate surface area is 116 Å². The van der Waals surface area contributed by atoms with E-state index in [0.29, 0.717) is 17.2 Å². The number of hydrogen-bond acceptors (Lipinski definition) is 4. The van der Waals surface area contributed by atoms with Gasteiger partial charge < -0.3 is 10.4 Å². The largest absolute Gasteiger partial charge is 0.391 e. The fourth-order valence-corrected chi connectivity index (χ4v) is 2.86. The second-order valence-electron chi connectivity index (χ2n) is 4.59. The van der Waals surface area contributed by atoms with Crippen molar-refractivity contribution >= 4 is 11.8 Å². The molecule has 1 aliphatic rings. The number of piperazine rings is 1. The van der Waals surface area contributed by atoms with Gasteiger partial charge in [-0.15, -0.1) is 11.8 Å². The van der Waals surface area contributed by atoms with E-state index in [1.54, 1.807) is 0 Å². The van der Waals surface area contributed by atoms with Gasteiger partial charge in [0.15, 0.2) is 0 Å². The molecule has 1 aliphatic heterocycles. The van der Waals surface area contributed by atoms with Gasteiger partial charge in [-0.05, 0) is 12.1 Å². The van der Waals surface area contributed by atoms with Crippen LogP contribution in [0.25, 0.3) is 0 Å². The van der Waals surface area contributed by atoms with E-state index in [1.165, 1.54) is 23.9 Å². The summed E-state index contributed by atoms with van der Waals surface area (Å²) in [4.78, 5) is 2.56. The van der Waals surface area contributed by atoms with Crippen molar-refractivity contribution < 1.29 is 13.9 Å². The summed E-state index contributed by atoms with van der Waals surface area (Å²) in [5.41, 5.74) is 0. The summed E-state index contributed by atoms with van der Waals surface area (Å²) in [6.07, 6.45) is -0.507. The van der Waals surface area contributed by atoms with E-state index in [0.717, 1.165) is 32.2 Å². The summed E-state index contributed by atoms with van der Waals surface area (Å²) in [6, 6.07) is 3.51. The number of hydrogen-bond donors (Lipinski definition) is 2. The standard InChI is InChI=1S/C13H18F2N2OS/c14-10-1-2-13(12(15)7-10)19-9-11(18)8-17-5-3-16-4-6-17/h1-2,7,11,16,18H,3-6,8-9H2. The molecule has 1 unspecified atom stereocenters. The van der Waals surface area contributed by atoms with Crippen LogP contribution in [0.1, 0.15) is 0 Å². The monoisotopic (exact) mass is 288 g/mol. The molecule has 6 heteroatoms. The average molecular weight is 288 g/mol. The minimum Gasteiger partial charge on any atom is -0.391 e. The number of rotatable bonds is 5. The summed E-state index contributed by atoms with van der Waals surface area (Å²) < 4.78 is 26.1. The number of halogens is 2. The third-order valence-corrected chi connectivity index (χ3v) is 4.20. The van der Waals surface area contributed by atoms with Crippen LogP contribution in [0.15, 0.2) is 23.1 Å². The third kappa shape index (κ3) is 4.72. The zero-order valence-electron chi connectivity index (χ0n) is 10.6. The molecule has 0 aliphatic carbocycles. The summed E-state index contributed by atoms with van der Waals surface area (Å²) in [5, 5.41) is 13.2. The number of nitrogens with one attached hydrogen (secondary N) is 1. The van der Waals surface area contributed by atoms with Crippen LogP contribution in [0.4, 0.5) is 8.78 Å². The lowest BCUT2D eigenvalue weighted by Gasteiger charge is -2.28. The van der Waals surface area contributed by atoms with Gasteiger partial charge in [-0.3, -0.25) is 4.90 Å². The van der Waals surface area contributed by atoms with Gasteiger partial charge in [0.05, 0.1) is 6.10 Å². The van der Waals surface area contributed by atoms with Crippen molar-refractivity contribution in [3.8, 4) is 0 Å². The van der Waals surface area contributed by atoms with Crippen molar-refractivity contribution in [1.82, 2.24) is 10.2 Å². The number of aliphatic hydroxyl groups excluding tert-OH is 1. The highest BCUT2D eigenvalue weighted by Crippen LogP contribution is 2.23. The minimum atomic E-state index is -0.580. The smallest absolute Gasteiger partial charge is 0.139 e. The molecule has 19 heavy (non-hydrogen) atoms. The Morgan fingerprint density at radius 2 is 2.05 bits per heavy atom. The van der Waals surface area contributed by atoms with Crippen LogP contribution in [0.5, 0.6) is 0 Å². The topological polar surface area (TPSA) is 35.5 Å². The third-order valence-electron chi connectivity index (χ3n) is 3.00. The van der Waals surface area contributed by atoms with E-state index in [4.69, 9.17) is 0 Å². The van der Waals surface area contributed by atoms with Crippen LogP contribution in [0.2, 0.25) is 0 Å². The maximum Gasteiger partial charge on any atom is 0.139 e. The van der Waals surface area contributed by atoms with E-state index in [9.17, 15) is 13.9 Å². The molecule has 1 saturated heterocycles. The summed E-state index contributed by atoms with van der Waals surface area (Å²) in [5.74, 6) is -0.741. The molecule has 0 spiro atoms. The van der Waals surface area contributed by atoms with E-state index in [-0.39, 0.29) is 0 Å². The molecule has 1 aromatic rings. The van der Waals surface area contributed by atoms with Crippen LogP contribution in [0.3, 0.4) is 0 Å². The van der Waals surface area contributed by atoms with E-state index >= 15 is 0 Å². The van der Waals surface area contributed by atoms with Gasteiger partial charge in [-0.2, -0.15) is 0 Å². The molecule has 0 bridgehead atoms. The number of benzene rings is 1. The highest BCUT2D eigenvalue weighted by molar-refractivity contribution is 7.99. The molecule has 0 amide bonds. The summed E-state index contributed by atoms with van der Waals surface area (Å²) >= 11 is 1.22. The van der Waals surface area contributed by atoms with Crippen molar-refractivity contribution in [2.24, 2.45) is 0 Å². The molecule has 106 valence electrons. The second-order valence-corrected chi connectivity index (χ2v) is 5.65. The zero-order valence-corrected chi connectivity index (χ0v) is 11.4. The fourth-order valence-electron chi connectivity index (χ4n) is 2.02. The zero-order chi connectivity index (χ0) is 13.7. The molecule has 0 saturated carbocycles. The van der Waals surface area contributed by atoms with Crippen LogP contribution in [-0.4, -0.2) is 54.6 Å². The van der Waals surface area contributed by atoms with Gasteiger partial charge in [-0.1, -0.05) is 0 Å². The molecule has 1 atom stereocenters. The summed E-state index contributed by atoms with van der Waals surface area (Å²) in [6.45, 7) is 4.32.